The number of hydrogen-bond acceptors (Lipinski definition) is 5. The number of pyridine rings is 3. The van der Waals surface area contributed by atoms with E-state index < -0.39 is 5.95 Å². The highest BCUT2D eigenvalue weighted by Gasteiger charge is 2.09. The second-order valence-electron chi connectivity index (χ2n) is 4.65. The largest absolute Gasteiger partial charge is 0.264 e. The fraction of sp³-hybridized carbons (Fsp3) is 0. The summed E-state index contributed by atoms with van der Waals surface area (Å²) in [6, 6.07) is 10.8. The number of aromatic nitrogens is 4. The fourth-order valence-corrected chi connectivity index (χ4v) is 3.02. The van der Waals surface area contributed by atoms with Gasteiger partial charge in [-0.3, -0.25) is 4.98 Å². The van der Waals surface area contributed by atoms with E-state index in [9.17, 15) is 4.39 Å². The minimum atomic E-state index is -0.498. The van der Waals surface area contributed by atoms with Crippen molar-refractivity contribution < 1.29 is 4.39 Å². The summed E-state index contributed by atoms with van der Waals surface area (Å²) in [5.74, 6) is -0.498. The zero-order chi connectivity index (χ0) is 14.9. The van der Waals surface area contributed by atoms with Gasteiger partial charge in [0.25, 0.3) is 0 Å². The van der Waals surface area contributed by atoms with Gasteiger partial charge in [0.05, 0.1) is 10.4 Å². The van der Waals surface area contributed by atoms with Crippen molar-refractivity contribution in [2.24, 2.45) is 0 Å². The van der Waals surface area contributed by atoms with Gasteiger partial charge in [-0.05, 0) is 36.4 Å². The first kappa shape index (κ1) is 13.0. The molecule has 0 saturated heterocycles. The number of halogens is 1. The Morgan fingerprint density at radius 2 is 1.86 bits per heavy atom. The molecule has 4 nitrogen and oxygen atoms in total. The van der Waals surface area contributed by atoms with Crippen LogP contribution in [0.1, 0.15) is 0 Å². The van der Waals surface area contributed by atoms with Crippen molar-refractivity contribution in [3.8, 4) is 21.8 Å². The lowest BCUT2D eigenvalue weighted by atomic mass is 10.2. The molecule has 0 spiro atoms. The van der Waals surface area contributed by atoms with Crippen molar-refractivity contribution in [3.05, 3.63) is 60.9 Å². The van der Waals surface area contributed by atoms with Crippen molar-refractivity contribution in [2.75, 3.05) is 0 Å². The van der Waals surface area contributed by atoms with Crippen LogP contribution < -0.4 is 0 Å². The molecule has 4 aromatic rings. The molecule has 0 N–H and O–H groups in total. The number of thiazole rings is 1. The van der Waals surface area contributed by atoms with Crippen molar-refractivity contribution in [2.45, 2.75) is 0 Å². The monoisotopic (exact) mass is 308 g/mol. The quantitative estimate of drug-likeness (QED) is 0.526. The number of fused-ring (bicyclic) bond motifs is 1. The maximum atomic E-state index is 12.9. The Labute approximate surface area is 129 Å². The third-order valence-electron chi connectivity index (χ3n) is 3.19. The molecule has 4 heterocycles. The summed E-state index contributed by atoms with van der Waals surface area (Å²) >= 11 is 1.51. The van der Waals surface area contributed by atoms with Crippen LogP contribution >= 0.6 is 11.3 Å². The lowest BCUT2D eigenvalue weighted by molar-refractivity contribution is 0.584. The molecule has 0 atom stereocenters. The maximum absolute atomic E-state index is 12.9. The predicted octanol–water partition coefficient (Wildman–Crippen LogP) is 3.95. The van der Waals surface area contributed by atoms with Gasteiger partial charge in [-0.1, -0.05) is 0 Å². The third kappa shape index (κ3) is 2.33. The summed E-state index contributed by atoms with van der Waals surface area (Å²) < 4.78 is 13.9. The SMILES string of the molecule is Fc1ccc(-c2nc3nc(-c4cccnc4)ccc3s2)cn1. The van der Waals surface area contributed by atoms with E-state index >= 15 is 0 Å². The molecule has 0 amide bonds. The molecular weight excluding hydrogens is 299 g/mol. The van der Waals surface area contributed by atoms with Crippen LogP contribution in [0.2, 0.25) is 0 Å². The first-order valence-electron chi connectivity index (χ1n) is 6.59. The van der Waals surface area contributed by atoms with E-state index in [0.29, 0.717) is 5.65 Å². The van der Waals surface area contributed by atoms with Gasteiger partial charge in [0.15, 0.2) is 5.65 Å². The first-order valence-corrected chi connectivity index (χ1v) is 7.41. The summed E-state index contributed by atoms with van der Waals surface area (Å²) in [5, 5.41) is 0.776. The van der Waals surface area contributed by atoms with Gasteiger partial charge < -0.3 is 0 Å². The van der Waals surface area contributed by atoms with Crippen LogP contribution in [0.3, 0.4) is 0 Å². The van der Waals surface area contributed by atoms with E-state index in [1.807, 2.05) is 24.3 Å². The molecule has 0 fully saturated rings. The molecule has 0 unspecified atom stereocenters. The van der Waals surface area contributed by atoms with E-state index in [1.165, 1.54) is 23.6 Å². The lowest BCUT2D eigenvalue weighted by Crippen LogP contribution is -1.85. The molecule has 0 aromatic carbocycles. The Hall–Kier alpha value is -2.73. The molecule has 0 radical (unpaired) electrons. The Balaban J connectivity index is 1.80. The molecule has 0 aliphatic carbocycles. The maximum Gasteiger partial charge on any atom is 0.212 e. The van der Waals surface area contributed by atoms with Crippen LogP contribution in [0.25, 0.3) is 32.2 Å². The highest BCUT2D eigenvalue weighted by atomic mass is 32.1. The molecule has 0 bridgehead atoms. The summed E-state index contributed by atoms with van der Waals surface area (Å²) in [6.45, 7) is 0. The number of rotatable bonds is 2. The van der Waals surface area contributed by atoms with E-state index in [2.05, 4.69) is 19.9 Å². The summed E-state index contributed by atoms with van der Waals surface area (Å²) in [5.41, 5.74) is 3.23. The highest BCUT2D eigenvalue weighted by Crippen LogP contribution is 2.30. The van der Waals surface area contributed by atoms with Crippen LogP contribution in [0.4, 0.5) is 4.39 Å². The topological polar surface area (TPSA) is 51.6 Å². The average molecular weight is 308 g/mol. The molecule has 0 aliphatic rings. The van der Waals surface area contributed by atoms with Crippen molar-refractivity contribution in [3.63, 3.8) is 0 Å². The van der Waals surface area contributed by atoms with Gasteiger partial charge in [0, 0.05) is 29.7 Å². The second kappa shape index (κ2) is 5.23. The molecule has 22 heavy (non-hydrogen) atoms. The fourth-order valence-electron chi connectivity index (χ4n) is 2.12. The minimum Gasteiger partial charge on any atom is -0.264 e. The van der Waals surface area contributed by atoms with E-state index in [4.69, 9.17) is 0 Å². The van der Waals surface area contributed by atoms with Crippen molar-refractivity contribution in [1.82, 2.24) is 19.9 Å². The minimum absolute atomic E-state index is 0.498. The summed E-state index contributed by atoms with van der Waals surface area (Å²) in [6.07, 6.45) is 4.98. The van der Waals surface area contributed by atoms with Crippen LogP contribution in [0.15, 0.2) is 55.0 Å². The number of nitrogens with zero attached hydrogens (tertiary/aromatic N) is 4. The van der Waals surface area contributed by atoms with Crippen LogP contribution in [0, 0.1) is 5.95 Å². The van der Waals surface area contributed by atoms with Crippen LogP contribution in [-0.4, -0.2) is 19.9 Å². The smallest absolute Gasteiger partial charge is 0.212 e. The van der Waals surface area contributed by atoms with Gasteiger partial charge in [-0.15, -0.1) is 11.3 Å². The van der Waals surface area contributed by atoms with E-state index in [0.717, 1.165) is 26.5 Å². The molecule has 0 saturated carbocycles. The summed E-state index contributed by atoms with van der Waals surface area (Å²) in [4.78, 5) is 16.9. The van der Waals surface area contributed by atoms with Gasteiger partial charge in [0.1, 0.15) is 5.01 Å². The Kier molecular flexibility index (Phi) is 3.08. The predicted molar refractivity (Wildman–Crippen MR) is 83.8 cm³/mol. The normalized spacial score (nSPS) is 11.0. The lowest BCUT2D eigenvalue weighted by Gasteiger charge is -1.98. The van der Waals surface area contributed by atoms with Crippen LogP contribution in [-0.2, 0) is 0 Å². The molecule has 6 heteroatoms. The molecule has 0 aliphatic heterocycles. The zero-order valence-electron chi connectivity index (χ0n) is 11.3. The van der Waals surface area contributed by atoms with E-state index in [1.54, 1.807) is 18.5 Å². The average Bonchev–Trinajstić information content (AvgIpc) is 2.99. The summed E-state index contributed by atoms with van der Waals surface area (Å²) in [7, 11) is 0. The van der Waals surface area contributed by atoms with E-state index in [-0.39, 0.29) is 0 Å². The Bertz CT molecular complexity index is 935. The Morgan fingerprint density at radius 1 is 0.909 bits per heavy atom. The zero-order valence-corrected chi connectivity index (χ0v) is 12.1. The Morgan fingerprint density at radius 3 is 2.64 bits per heavy atom. The van der Waals surface area contributed by atoms with Gasteiger partial charge in [0.2, 0.25) is 5.95 Å². The van der Waals surface area contributed by atoms with Crippen molar-refractivity contribution >= 4 is 21.7 Å². The number of hydrogen-bond donors (Lipinski definition) is 0. The first-order chi connectivity index (χ1) is 10.8. The van der Waals surface area contributed by atoms with Gasteiger partial charge in [-0.2, -0.15) is 4.39 Å². The molecular formula is C16H9FN4S. The standard InChI is InChI=1S/C16H9FN4S/c17-14-6-3-11(9-19-14)16-21-15-13(22-16)5-4-12(20-15)10-2-1-7-18-8-10/h1-9H. The molecule has 4 aromatic heterocycles. The highest BCUT2D eigenvalue weighted by molar-refractivity contribution is 7.21. The molecule has 4 rings (SSSR count). The van der Waals surface area contributed by atoms with Gasteiger partial charge >= 0.3 is 0 Å². The van der Waals surface area contributed by atoms with Gasteiger partial charge in [-0.25, -0.2) is 15.0 Å². The van der Waals surface area contributed by atoms with Crippen LogP contribution in [0.5, 0.6) is 0 Å². The second-order valence-corrected chi connectivity index (χ2v) is 5.68. The van der Waals surface area contributed by atoms with Crippen molar-refractivity contribution in [1.29, 1.82) is 0 Å². The third-order valence-corrected chi connectivity index (χ3v) is 4.24. The molecule has 106 valence electrons.